The minimum Gasteiger partial charge on any atom is -0.378 e. The summed E-state index contributed by atoms with van der Waals surface area (Å²) in [7, 11) is 0. The Balaban J connectivity index is 1.48. The normalized spacial score (nSPS) is 23.1. The molecule has 0 aliphatic carbocycles. The number of carbonyl (C=O) groups excluding carboxylic acids is 2. The van der Waals surface area contributed by atoms with Crippen LogP contribution in [0.15, 0.2) is 18.2 Å². The lowest BCUT2D eigenvalue weighted by molar-refractivity contribution is -0.141. The van der Waals surface area contributed by atoms with Gasteiger partial charge in [0.1, 0.15) is 5.82 Å². The van der Waals surface area contributed by atoms with Crippen molar-refractivity contribution in [3.63, 3.8) is 0 Å². The van der Waals surface area contributed by atoms with Crippen LogP contribution in [0.25, 0.3) is 0 Å². The van der Waals surface area contributed by atoms with E-state index in [-0.39, 0.29) is 29.5 Å². The molecule has 0 unspecified atom stereocenters. The summed E-state index contributed by atoms with van der Waals surface area (Å²) in [6, 6.07) is 4.55. The topological polar surface area (TPSA) is 70.7 Å². The molecule has 2 N–H and O–H groups in total. The van der Waals surface area contributed by atoms with E-state index in [1.54, 1.807) is 12.1 Å². The molecule has 27 heavy (non-hydrogen) atoms. The second kappa shape index (κ2) is 9.48. The number of hydrogen-bond donors (Lipinski definition) is 2. The SMILES string of the molecule is O=C(NCCc1c(F)cccc1Cl)[C@H]1CNC[C@@H](C(=O)N2CCOCC2)C1. The minimum atomic E-state index is -0.368. The predicted molar refractivity (Wildman–Crippen MR) is 100.0 cm³/mol. The average molecular weight is 398 g/mol. The van der Waals surface area contributed by atoms with Gasteiger partial charge in [-0.3, -0.25) is 9.59 Å². The van der Waals surface area contributed by atoms with Gasteiger partial charge in [0.05, 0.1) is 25.0 Å². The van der Waals surface area contributed by atoms with E-state index in [0.717, 1.165) is 0 Å². The summed E-state index contributed by atoms with van der Waals surface area (Å²) >= 11 is 6.01. The van der Waals surface area contributed by atoms with Gasteiger partial charge in [0.25, 0.3) is 0 Å². The molecule has 2 atom stereocenters. The molecule has 6 nitrogen and oxygen atoms in total. The molecule has 2 heterocycles. The molecule has 1 aromatic carbocycles. The van der Waals surface area contributed by atoms with Gasteiger partial charge in [0, 0.05) is 43.3 Å². The van der Waals surface area contributed by atoms with Crippen molar-refractivity contribution in [2.75, 3.05) is 45.9 Å². The van der Waals surface area contributed by atoms with Crippen molar-refractivity contribution >= 4 is 23.4 Å². The molecule has 2 amide bonds. The maximum absolute atomic E-state index is 13.8. The first-order valence-corrected chi connectivity index (χ1v) is 9.72. The van der Waals surface area contributed by atoms with Gasteiger partial charge in [-0.15, -0.1) is 0 Å². The van der Waals surface area contributed by atoms with Crippen molar-refractivity contribution in [3.05, 3.63) is 34.6 Å². The lowest BCUT2D eigenvalue weighted by Crippen LogP contribution is -2.51. The van der Waals surface area contributed by atoms with Gasteiger partial charge in [-0.25, -0.2) is 4.39 Å². The zero-order chi connectivity index (χ0) is 19.2. The molecule has 2 aliphatic rings. The van der Waals surface area contributed by atoms with E-state index < -0.39 is 0 Å². The lowest BCUT2D eigenvalue weighted by Gasteiger charge is -2.34. The van der Waals surface area contributed by atoms with E-state index in [0.29, 0.717) is 69.4 Å². The number of ether oxygens (including phenoxy) is 1. The van der Waals surface area contributed by atoms with E-state index in [2.05, 4.69) is 10.6 Å². The predicted octanol–water partition coefficient (Wildman–Crippen LogP) is 1.22. The van der Waals surface area contributed by atoms with Crippen LogP contribution in [0.1, 0.15) is 12.0 Å². The average Bonchev–Trinajstić information content (AvgIpc) is 2.70. The van der Waals surface area contributed by atoms with Crippen LogP contribution in [0.5, 0.6) is 0 Å². The Morgan fingerprint density at radius 2 is 2.00 bits per heavy atom. The summed E-state index contributed by atoms with van der Waals surface area (Å²) in [5, 5.41) is 6.40. The quantitative estimate of drug-likeness (QED) is 0.783. The second-order valence-electron chi connectivity index (χ2n) is 6.97. The summed E-state index contributed by atoms with van der Waals surface area (Å²) in [4.78, 5) is 26.9. The third-order valence-electron chi connectivity index (χ3n) is 5.13. The van der Waals surface area contributed by atoms with Gasteiger partial charge in [-0.1, -0.05) is 17.7 Å². The molecule has 148 valence electrons. The van der Waals surface area contributed by atoms with Crippen LogP contribution in [-0.2, 0) is 20.7 Å². The number of nitrogens with zero attached hydrogens (tertiary/aromatic N) is 1. The number of halogens is 2. The fourth-order valence-corrected chi connectivity index (χ4v) is 3.86. The van der Waals surface area contributed by atoms with Crippen LogP contribution in [0, 0.1) is 17.7 Å². The van der Waals surface area contributed by atoms with Crippen LogP contribution in [0.2, 0.25) is 5.02 Å². The van der Waals surface area contributed by atoms with Gasteiger partial charge in [-0.2, -0.15) is 0 Å². The number of benzene rings is 1. The zero-order valence-corrected chi connectivity index (χ0v) is 15.9. The number of piperidine rings is 1. The lowest BCUT2D eigenvalue weighted by atomic mass is 9.88. The highest BCUT2D eigenvalue weighted by atomic mass is 35.5. The molecule has 0 saturated carbocycles. The molecule has 0 spiro atoms. The summed E-state index contributed by atoms with van der Waals surface area (Å²) in [6.45, 7) is 3.77. The number of carbonyl (C=O) groups is 2. The third-order valence-corrected chi connectivity index (χ3v) is 5.48. The van der Waals surface area contributed by atoms with Crippen LogP contribution >= 0.6 is 11.6 Å². The van der Waals surface area contributed by atoms with Gasteiger partial charge in [0.15, 0.2) is 0 Å². The fraction of sp³-hybridized carbons (Fsp3) is 0.579. The van der Waals surface area contributed by atoms with Crippen LogP contribution in [0.3, 0.4) is 0 Å². The Morgan fingerprint density at radius 1 is 1.26 bits per heavy atom. The highest BCUT2D eigenvalue weighted by Gasteiger charge is 2.33. The fourth-order valence-electron chi connectivity index (χ4n) is 3.60. The Labute approximate surface area is 163 Å². The highest BCUT2D eigenvalue weighted by Crippen LogP contribution is 2.21. The summed E-state index contributed by atoms with van der Waals surface area (Å²) in [5.41, 5.74) is 0.404. The number of hydrogen-bond acceptors (Lipinski definition) is 4. The van der Waals surface area contributed by atoms with Crippen molar-refractivity contribution < 1.29 is 18.7 Å². The Hall–Kier alpha value is -1.70. The maximum Gasteiger partial charge on any atom is 0.227 e. The van der Waals surface area contributed by atoms with E-state index in [1.165, 1.54) is 6.07 Å². The first-order chi connectivity index (χ1) is 13.1. The number of rotatable bonds is 5. The summed E-state index contributed by atoms with van der Waals surface area (Å²) in [6.07, 6.45) is 0.850. The number of morpholine rings is 1. The largest absolute Gasteiger partial charge is 0.378 e. The highest BCUT2D eigenvalue weighted by molar-refractivity contribution is 6.31. The standard InChI is InChI=1S/C19H25ClFN3O3/c20-16-2-1-3-17(21)15(16)4-5-23-18(25)13-10-14(12-22-11-13)19(26)24-6-8-27-9-7-24/h1-3,13-14,22H,4-12H2,(H,23,25)/t13-,14+/m1/s1. The molecule has 2 fully saturated rings. The summed E-state index contributed by atoms with van der Waals surface area (Å²) in [5.74, 6) is -0.874. The second-order valence-corrected chi connectivity index (χ2v) is 7.37. The van der Waals surface area contributed by atoms with Gasteiger partial charge in [-0.05, 0) is 25.0 Å². The van der Waals surface area contributed by atoms with Crippen molar-refractivity contribution in [1.82, 2.24) is 15.5 Å². The smallest absolute Gasteiger partial charge is 0.227 e. The van der Waals surface area contributed by atoms with Crippen molar-refractivity contribution in [3.8, 4) is 0 Å². The summed E-state index contributed by atoms with van der Waals surface area (Å²) < 4.78 is 19.1. The molecule has 0 radical (unpaired) electrons. The molecular weight excluding hydrogens is 373 g/mol. The molecule has 0 aromatic heterocycles. The first-order valence-electron chi connectivity index (χ1n) is 9.34. The number of nitrogens with one attached hydrogen (secondary N) is 2. The van der Waals surface area contributed by atoms with E-state index in [9.17, 15) is 14.0 Å². The van der Waals surface area contributed by atoms with E-state index in [4.69, 9.17) is 16.3 Å². The van der Waals surface area contributed by atoms with Gasteiger partial charge < -0.3 is 20.3 Å². The van der Waals surface area contributed by atoms with Crippen LogP contribution in [0.4, 0.5) is 4.39 Å². The molecular formula is C19H25ClFN3O3. The number of amides is 2. The zero-order valence-electron chi connectivity index (χ0n) is 15.2. The van der Waals surface area contributed by atoms with Crippen LogP contribution in [-0.4, -0.2) is 62.7 Å². The molecule has 3 rings (SSSR count). The van der Waals surface area contributed by atoms with Gasteiger partial charge >= 0.3 is 0 Å². The van der Waals surface area contributed by atoms with E-state index >= 15 is 0 Å². The molecule has 0 bridgehead atoms. The van der Waals surface area contributed by atoms with Crippen molar-refractivity contribution in [2.24, 2.45) is 11.8 Å². The van der Waals surface area contributed by atoms with Crippen LogP contribution < -0.4 is 10.6 Å². The Kier molecular flexibility index (Phi) is 7.04. The molecule has 2 saturated heterocycles. The molecule has 8 heteroatoms. The van der Waals surface area contributed by atoms with E-state index in [1.807, 2.05) is 4.90 Å². The Morgan fingerprint density at radius 3 is 2.74 bits per heavy atom. The maximum atomic E-state index is 13.8. The van der Waals surface area contributed by atoms with Gasteiger partial charge in [0.2, 0.25) is 11.8 Å². The molecule has 1 aromatic rings. The Bertz CT molecular complexity index is 662. The minimum absolute atomic E-state index is 0.0847. The monoisotopic (exact) mass is 397 g/mol. The van der Waals surface area contributed by atoms with Crippen molar-refractivity contribution in [2.45, 2.75) is 12.8 Å². The third kappa shape index (κ3) is 5.18. The van der Waals surface area contributed by atoms with Crippen molar-refractivity contribution in [1.29, 1.82) is 0 Å². The molecule has 2 aliphatic heterocycles. The first kappa shape index (κ1) is 20.0.